The summed E-state index contributed by atoms with van der Waals surface area (Å²) in [6.07, 6.45) is 5.07. The average molecular weight is 484 g/mol. The number of likely N-dealkylation sites (tertiary alicyclic amines) is 1. The van der Waals surface area contributed by atoms with Crippen molar-refractivity contribution in [3.8, 4) is 0 Å². The molecule has 7 nitrogen and oxygen atoms in total. The number of carbonyl (C=O) groups excluding carboxylic acids is 1. The van der Waals surface area contributed by atoms with Gasteiger partial charge in [0.15, 0.2) is 5.13 Å². The van der Waals surface area contributed by atoms with Crippen molar-refractivity contribution in [2.24, 2.45) is 0 Å². The van der Waals surface area contributed by atoms with Crippen LogP contribution in [0, 0.1) is 5.82 Å². The van der Waals surface area contributed by atoms with Gasteiger partial charge in [0.1, 0.15) is 11.9 Å². The van der Waals surface area contributed by atoms with Gasteiger partial charge in [0, 0.05) is 45.1 Å². The highest BCUT2D eigenvalue weighted by atomic mass is 32.1. The number of thiazole rings is 1. The third-order valence-electron chi connectivity index (χ3n) is 6.70. The molecule has 3 aromatic rings. The molecule has 0 spiro atoms. The number of hydrogen-bond donors (Lipinski definition) is 0. The maximum Gasteiger partial charge on any atom is 0.410 e. The van der Waals surface area contributed by atoms with Gasteiger partial charge in [0.25, 0.3) is 0 Å². The maximum absolute atomic E-state index is 13.6. The summed E-state index contributed by atoms with van der Waals surface area (Å²) in [5, 5.41) is 0.869. The van der Waals surface area contributed by atoms with E-state index in [1.54, 1.807) is 6.07 Å². The number of rotatable bonds is 4. The fourth-order valence-electron chi connectivity index (χ4n) is 5.00. The topological polar surface area (TPSA) is 61.8 Å². The van der Waals surface area contributed by atoms with Crippen LogP contribution in [0.25, 0.3) is 10.2 Å². The number of aromatic nitrogens is 2. The Morgan fingerprint density at radius 2 is 1.82 bits per heavy atom. The molecular weight excluding hydrogens is 453 g/mol. The predicted molar refractivity (Wildman–Crippen MR) is 132 cm³/mol. The Labute approximate surface area is 203 Å². The molecular formula is C25H30FN5O2S. The third kappa shape index (κ3) is 5.00. The second kappa shape index (κ2) is 9.84. The number of nitrogens with zero attached hydrogens (tertiary/aromatic N) is 5. The van der Waals surface area contributed by atoms with Crippen molar-refractivity contribution in [3.05, 3.63) is 54.1 Å². The number of piperazine rings is 1. The highest BCUT2D eigenvalue weighted by Gasteiger charge is 2.36. The standard InChI is InChI=1S/C25H30FN5O2S/c1-17-14-30(24-28-22-4-3-20(26)13-23(22)34-24)15-18(2)31(17)25(32)33-21-7-11-29(12-8-21)16-19-5-9-27-10-6-19/h3-6,9-10,13,17-18,21H,7-8,11-12,14-16H2,1-2H3/t17-,18+. The smallest absolute Gasteiger partial charge is 0.410 e. The van der Waals surface area contributed by atoms with E-state index in [0.29, 0.717) is 13.1 Å². The van der Waals surface area contributed by atoms with Crippen LogP contribution in [-0.4, -0.2) is 70.2 Å². The molecule has 4 heterocycles. The van der Waals surface area contributed by atoms with E-state index < -0.39 is 0 Å². The first kappa shape index (κ1) is 23.0. The zero-order chi connectivity index (χ0) is 23.7. The van der Waals surface area contributed by atoms with Gasteiger partial charge in [-0.1, -0.05) is 11.3 Å². The van der Waals surface area contributed by atoms with Crippen molar-refractivity contribution in [1.29, 1.82) is 0 Å². The number of piperidine rings is 1. The highest BCUT2D eigenvalue weighted by molar-refractivity contribution is 7.22. The van der Waals surface area contributed by atoms with E-state index in [9.17, 15) is 9.18 Å². The summed E-state index contributed by atoms with van der Waals surface area (Å²) >= 11 is 1.49. The zero-order valence-corrected chi connectivity index (χ0v) is 20.4. The lowest BCUT2D eigenvalue weighted by Crippen LogP contribution is -2.59. The maximum atomic E-state index is 13.6. The molecule has 34 heavy (non-hydrogen) atoms. The van der Waals surface area contributed by atoms with Crippen LogP contribution >= 0.6 is 11.3 Å². The van der Waals surface area contributed by atoms with Gasteiger partial charge >= 0.3 is 6.09 Å². The quantitative estimate of drug-likeness (QED) is 0.543. The van der Waals surface area contributed by atoms with Crippen LogP contribution in [0.5, 0.6) is 0 Å². The molecule has 2 aromatic heterocycles. The van der Waals surface area contributed by atoms with E-state index in [2.05, 4.69) is 19.8 Å². The molecule has 180 valence electrons. The predicted octanol–water partition coefficient (Wildman–Crippen LogP) is 4.53. The molecule has 2 atom stereocenters. The van der Waals surface area contributed by atoms with E-state index in [0.717, 1.165) is 47.8 Å². The Morgan fingerprint density at radius 1 is 1.12 bits per heavy atom. The van der Waals surface area contributed by atoms with Gasteiger partial charge in [-0.25, -0.2) is 14.2 Å². The van der Waals surface area contributed by atoms with Crippen molar-refractivity contribution in [2.45, 2.75) is 51.4 Å². The van der Waals surface area contributed by atoms with Gasteiger partial charge in [0.05, 0.1) is 22.3 Å². The van der Waals surface area contributed by atoms with Crippen LogP contribution in [0.3, 0.4) is 0 Å². The highest BCUT2D eigenvalue weighted by Crippen LogP contribution is 2.32. The Morgan fingerprint density at radius 3 is 2.53 bits per heavy atom. The van der Waals surface area contributed by atoms with E-state index in [1.807, 2.05) is 43.3 Å². The normalized spacial score (nSPS) is 22.3. The first-order valence-corrected chi connectivity index (χ1v) is 12.7. The second-order valence-corrected chi connectivity index (χ2v) is 10.3. The Hall–Kier alpha value is -2.78. The SMILES string of the molecule is C[C@@H]1CN(c2nc3ccc(F)cc3s2)C[C@H](C)N1C(=O)OC1CCN(Cc2ccncc2)CC1. The van der Waals surface area contributed by atoms with Gasteiger partial charge in [-0.3, -0.25) is 14.8 Å². The molecule has 0 bridgehead atoms. The van der Waals surface area contributed by atoms with Crippen LogP contribution in [0.4, 0.5) is 14.3 Å². The largest absolute Gasteiger partial charge is 0.446 e. The van der Waals surface area contributed by atoms with Crippen LogP contribution < -0.4 is 4.90 Å². The van der Waals surface area contributed by atoms with E-state index >= 15 is 0 Å². The van der Waals surface area contributed by atoms with E-state index in [4.69, 9.17) is 4.74 Å². The van der Waals surface area contributed by atoms with Gasteiger partial charge in [0.2, 0.25) is 0 Å². The minimum Gasteiger partial charge on any atom is -0.446 e. The zero-order valence-electron chi connectivity index (χ0n) is 19.6. The molecule has 2 aliphatic heterocycles. The van der Waals surface area contributed by atoms with Crippen LogP contribution in [0.15, 0.2) is 42.7 Å². The summed E-state index contributed by atoms with van der Waals surface area (Å²) in [4.78, 5) is 28.3. The average Bonchev–Trinajstić information content (AvgIpc) is 3.24. The lowest BCUT2D eigenvalue weighted by molar-refractivity contribution is 0.0101. The Kier molecular flexibility index (Phi) is 6.65. The molecule has 0 radical (unpaired) electrons. The van der Waals surface area contributed by atoms with Crippen molar-refractivity contribution in [3.63, 3.8) is 0 Å². The number of halogens is 1. The minimum absolute atomic E-state index is 0.00761. The van der Waals surface area contributed by atoms with Gasteiger partial charge < -0.3 is 9.64 Å². The van der Waals surface area contributed by atoms with Crippen LogP contribution in [-0.2, 0) is 11.3 Å². The first-order valence-electron chi connectivity index (χ1n) is 11.9. The Bertz CT molecular complexity index is 1120. The number of hydrogen-bond acceptors (Lipinski definition) is 7. The van der Waals surface area contributed by atoms with Gasteiger partial charge in [-0.2, -0.15) is 0 Å². The lowest BCUT2D eigenvalue weighted by atomic mass is 10.1. The lowest BCUT2D eigenvalue weighted by Gasteiger charge is -2.44. The van der Waals surface area contributed by atoms with Gasteiger partial charge in [-0.15, -0.1) is 0 Å². The molecule has 1 aromatic carbocycles. The Balaban J connectivity index is 1.15. The number of benzene rings is 1. The van der Waals surface area contributed by atoms with Crippen molar-refractivity contribution in [2.75, 3.05) is 31.1 Å². The van der Waals surface area contributed by atoms with Crippen LogP contribution in [0.2, 0.25) is 0 Å². The number of pyridine rings is 1. The van der Waals surface area contributed by atoms with Crippen molar-refractivity contribution >= 4 is 32.8 Å². The molecule has 5 rings (SSSR count). The molecule has 2 saturated heterocycles. The molecule has 1 amide bonds. The summed E-state index contributed by atoms with van der Waals surface area (Å²) in [6, 6.07) is 8.75. The number of fused-ring (bicyclic) bond motifs is 1. The molecule has 0 N–H and O–H groups in total. The summed E-state index contributed by atoms with van der Waals surface area (Å²) in [7, 11) is 0. The molecule has 2 aliphatic rings. The molecule has 2 fully saturated rings. The number of anilines is 1. The fourth-order valence-corrected chi connectivity index (χ4v) is 6.00. The summed E-state index contributed by atoms with van der Waals surface area (Å²) in [5.41, 5.74) is 2.06. The minimum atomic E-state index is -0.250. The number of ether oxygens (including phenoxy) is 1. The van der Waals surface area contributed by atoms with E-state index in [-0.39, 0.29) is 30.1 Å². The van der Waals surface area contributed by atoms with Crippen molar-refractivity contribution in [1.82, 2.24) is 19.8 Å². The third-order valence-corrected chi connectivity index (χ3v) is 7.78. The molecule has 9 heteroatoms. The first-order chi connectivity index (χ1) is 16.5. The monoisotopic (exact) mass is 483 g/mol. The molecule has 0 aliphatic carbocycles. The summed E-state index contributed by atoms with van der Waals surface area (Å²) in [5.74, 6) is -0.250. The summed E-state index contributed by atoms with van der Waals surface area (Å²) in [6.45, 7) is 8.17. The van der Waals surface area contributed by atoms with Crippen LogP contribution in [0.1, 0.15) is 32.3 Å². The van der Waals surface area contributed by atoms with Gasteiger partial charge in [-0.05, 0) is 62.6 Å². The molecule has 0 saturated carbocycles. The molecule has 0 unspecified atom stereocenters. The van der Waals surface area contributed by atoms with E-state index in [1.165, 1.54) is 29.0 Å². The second-order valence-electron chi connectivity index (χ2n) is 9.33. The van der Waals surface area contributed by atoms with Crippen molar-refractivity contribution < 1.29 is 13.9 Å². The fraction of sp³-hybridized carbons (Fsp3) is 0.480. The number of carbonyl (C=O) groups is 1. The number of amides is 1. The summed E-state index contributed by atoms with van der Waals surface area (Å²) < 4.78 is 20.4.